The van der Waals surface area contributed by atoms with E-state index in [-0.39, 0.29) is 0 Å². The van der Waals surface area contributed by atoms with Crippen molar-refractivity contribution in [1.29, 1.82) is 0 Å². The van der Waals surface area contributed by atoms with Crippen molar-refractivity contribution in [1.82, 2.24) is 0 Å². The summed E-state index contributed by atoms with van der Waals surface area (Å²) in [5.74, 6) is 0.293. The minimum absolute atomic E-state index is 0.293. The minimum Gasteiger partial charge on any atom is -0.294 e. The standard InChI is InChI=1S/C19H32OS2/c1-4-7-9-10-11-13-16(12-8-5-2)22-19-17(14-15-21-19)18(20)6-3/h14-16H,4-13H2,1-3H3. The number of ketones is 1. The summed E-state index contributed by atoms with van der Waals surface area (Å²) in [6, 6.07) is 2.01. The van der Waals surface area contributed by atoms with E-state index in [1.807, 2.05) is 24.8 Å². The first-order valence-electron chi connectivity index (χ1n) is 9.00. The van der Waals surface area contributed by atoms with Crippen LogP contribution in [-0.4, -0.2) is 11.0 Å². The van der Waals surface area contributed by atoms with Crippen molar-refractivity contribution in [3.63, 3.8) is 0 Å². The number of unbranched alkanes of at least 4 members (excludes halogenated alkanes) is 5. The summed E-state index contributed by atoms with van der Waals surface area (Å²) < 4.78 is 1.25. The second-order valence-corrected chi connectivity index (χ2v) is 8.47. The lowest BCUT2D eigenvalue weighted by Crippen LogP contribution is -2.04. The van der Waals surface area contributed by atoms with Gasteiger partial charge in [0.05, 0.1) is 4.21 Å². The van der Waals surface area contributed by atoms with Crippen LogP contribution >= 0.6 is 23.1 Å². The molecule has 1 atom stereocenters. The van der Waals surface area contributed by atoms with Crippen LogP contribution in [0.15, 0.2) is 15.7 Å². The van der Waals surface area contributed by atoms with Crippen LogP contribution in [0.2, 0.25) is 0 Å². The van der Waals surface area contributed by atoms with Crippen molar-refractivity contribution in [2.24, 2.45) is 0 Å². The second kappa shape index (κ2) is 12.2. The van der Waals surface area contributed by atoms with Gasteiger partial charge >= 0.3 is 0 Å². The van der Waals surface area contributed by atoms with Gasteiger partial charge in [-0.05, 0) is 24.3 Å². The number of hydrogen-bond acceptors (Lipinski definition) is 3. The third kappa shape index (κ3) is 7.32. The highest BCUT2D eigenvalue weighted by molar-refractivity contribution is 8.01. The first-order chi connectivity index (χ1) is 10.7. The third-order valence-corrected chi connectivity index (χ3v) is 6.56. The third-order valence-electron chi connectivity index (χ3n) is 4.03. The van der Waals surface area contributed by atoms with Crippen LogP contribution in [0.1, 0.15) is 95.3 Å². The predicted octanol–water partition coefficient (Wildman–Crippen LogP) is 7.35. The van der Waals surface area contributed by atoms with Crippen LogP contribution < -0.4 is 0 Å². The first-order valence-corrected chi connectivity index (χ1v) is 10.8. The van der Waals surface area contributed by atoms with Gasteiger partial charge in [0.15, 0.2) is 5.78 Å². The molecule has 1 heterocycles. The van der Waals surface area contributed by atoms with Crippen molar-refractivity contribution in [2.45, 2.75) is 94.4 Å². The zero-order valence-corrected chi connectivity index (χ0v) is 16.2. The summed E-state index contributed by atoms with van der Waals surface area (Å²) in [4.78, 5) is 12.0. The number of carbonyl (C=O) groups excluding carboxylic acids is 1. The van der Waals surface area contributed by atoms with Gasteiger partial charge in [0.1, 0.15) is 0 Å². The SMILES string of the molecule is CCCCCCCC(CCCC)Sc1sccc1C(=O)CC. The second-order valence-electron chi connectivity index (χ2n) is 5.98. The average molecular weight is 341 g/mol. The van der Waals surface area contributed by atoms with Gasteiger partial charge in [0.2, 0.25) is 0 Å². The maximum atomic E-state index is 12.0. The Morgan fingerprint density at radius 2 is 1.73 bits per heavy atom. The molecule has 0 bridgehead atoms. The van der Waals surface area contributed by atoms with Gasteiger partial charge in [-0.2, -0.15) is 0 Å². The summed E-state index contributed by atoms with van der Waals surface area (Å²) in [6.45, 7) is 6.49. The summed E-state index contributed by atoms with van der Waals surface area (Å²) in [7, 11) is 0. The van der Waals surface area contributed by atoms with Crippen molar-refractivity contribution in [2.75, 3.05) is 0 Å². The number of thioether (sulfide) groups is 1. The monoisotopic (exact) mass is 340 g/mol. The summed E-state index contributed by atoms with van der Waals surface area (Å²) in [6.07, 6.45) is 12.5. The average Bonchev–Trinajstić information content (AvgIpc) is 2.99. The molecule has 0 aliphatic carbocycles. The lowest BCUT2D eigenvalue weighted by molar-refractivity contribution is 0.0986. The lowest BCUT2D eigenvalue weighted by atomic mass is 10.1. The Balaban J connectivity index is 2.53. The Kier molecular flexibility index (Phi) is 10.9. The van der Waals surface area contributed by atoms with Crippen molar-refractivity contribution >= 4 is 28.9 Å². The van der Waals surface area contributed by atoms with E-state index >= 15 is 0 Å². The molecule has 0 fully saturated rings. The Morgan fingerprint density at radius 3 is 2.41 bits per heavy atom. The van der Waals surface area contributed by atoms with E-state index in [0.29, 0.717) is 17.5 Å². The van der Waals surface area contributed by atoms with Gasteiger partial charge in [-0.25, -0.2) is 0 Å². The summed E-state index contributed by atoms with van der Waals surface area (Å²) in [5, 5.41) is 2.76. The molecule has 1 nitrogen and oxygen atoms in total. The number of Topliss-reactive ketones (excluding diaryl/α,β-unsaturated/α-hetero) is 1. The van der Waals surface area contributed by atoms with Crippen LogP contribution in [-0.2, 0) is 0 Å². The van der Waals surface area contributed by atoms with E-state index in [1.165, 1.54) is 62.0 Å². The highest BCUT2D eigenvalue weighted by atomic mass is 32.2. The van der Waals surface area contributed by atoms with E-state index in [9.17, 15) is 4.79 Å². The highest BCUT2D eigenvalue weighted by Gasteiger charge is 2.16. The number of rotatable bonds is 13. The van der Waals surface area contributed by atoms with E-state index < -0.39 is 0 Å². The quantitative estimate of drug-likeness (QED) is 0.212. The molecule has 0 N–H and O–H groups in total. The van der Waals surface area contributed by atoms with Gasteiger partial charge in [-0.15, -0.1) is 23.1 Å². The predicted molar refractivity (Wildman–Crippen MR) is 101 cm³/mol. The molecule has 22 heavy (non-hydrogen) atoms. The van der Waals surface area contributed by atoms with Crippen molar-refractivity contribution in [3.8, 4) is 0 Å². The van der Waals surface area contributed by atoms with Crippen LogP contribution in [0.25, 0.3) is 0 Å². The van der Waals surface area contributed by atoms with Gasteiger partial charge in [-0.1, -0.05) is 65.7 Å². The molecule has 126 valence electrons. The molecule has 1 aromatic heterocycles. The zero-order chi connectivity index (χ0) is 16.2. The Bertz CT molecular complexity index is 411. The molecule has 0 aliphatic rings. The Morgan fingerprint density at radius 1 is 1.05 bits per heavy atom. The topological polar surface area (TPSA) is 17.1 Å². The highest BCUT2D eigenvalue weighted by Crippen LogP contribution is 2.36. The molecule has 0 aliphatic heterocycles. The van der Waals surface area contributed by atoms with Crippen LogP contribution in [0, 0.1) is 0 Å². The van der Waals surface area contributed by atoms with E-state index in [2.05, 4.69) is 19.2 Å². The van der Waals surface area contributed by atoms with Crippen LogP contribution in [0.5, 0.6) is 0 Å². The molecule has 0 radical (unpaired) electrons. The molecule has 1 unspecified atom stereocenters. The number of thiophene rings is 1. The van der Waals surface area contributed by atoms with Crippen LogP contribution in [0.3, 0.4) is 0 Å². The molecule has 0 aromatic carbocycles. The molecule has 1 aromatic rings. The zero-order valence-electron chi connectivity index (χ0n) is 14.5. The fourth-order valence-electron chi connectivity index (χ4n) is 2.60. The van der Waals surface area contributed by atoms with Gasteiger partial charge in [-0.3, -0.25) is 4.79 Å². The van der Waals surface area contributed by atoms with E-state index in [0.717, 1.165) is 5.56 Å². The maximum absolute atomic E-state index is 12.0. The number of carbonyl (C=O) groups is 1. The van der Waals surface area contributed by atoms with Crippen LogP contribution in [0.4, 0.5) is 0 Å². The largest absolute Gasteiger partial charge is 0.294 e. The lowest BCUT2D eigenvalue weighted by Gasteiger charge is -2.16. The summed E-state index contributed by atoms with van der Waals surface area (Å²) in [5.41, 5.74) is 0.963. The fraction of sp³-hybridized carbons (Fsp3) is 0.737. The summed E-state index contributed by atoms with van der Waals surface area (Å²) >= 11 is 3.71. The van der Waals surface area contributed by atoms with Gasteiger partial charge in [0.25, 0.3) is 0 Å². The molecule has 0 saturated heterocycles. The minimum atomic E-state index is 0.293. The smallest absolute Gasteiger partial charge is 0.164 e. The molecule has 0 saturated carbocycles. The maximum Gasteiger partial charge on any atom is 0.164 e. The number of hydrogen-bond donors (Lipinski definition) is 0. The van der Waals surface area contributed by atoms with Gasteiger partial charge in [0, 0.05) is 17.2 Å². The normalized spacial score (nSPS) is 12.5. The Labute approximate surface area is 145 Å². The van der Waals surface area contributed by atoms with Crippen molar-refractivity contribution in [3.05, 3.63) is 17.0 Å². The van der Waals surface area contributed by atoms with Gasteiger partial charge < -0.3 is 0 Å². The molecular weight excluding hydrogens is 308 g/mol. The fourth-order valence-corrected chi connectivity index (χ4v) is 5.22. The molecule has 3 heteroatoms. The molecule has 0 spiro atoms. The van der Waals surface area contributed by atoms with E-state index in [1.54, 1.807) is 11.3 Å². The molecular formula is C19H32OS2. The Hall–Kier alpha value is -0.280. The molecule has 0 amide bonds. The van der Waals surface area contributed by atoms with E-state index in [4.69, 9.17) is 0 Å². The molecule has 1 rings (SSSR count). The first kappa shape index (κ1) is 19.8. The van der Waals surface area contributed by atoms with Crippen molar-refractivity contribution < 1.29 is 4.79 Å².